The molecule has 0 aliphatic heterocycles. The predicted octanol–water partition coefficient (Wildman–Crippen LogP) is 2.52. The SMILES string of the molecule is Cc1cc(F)ccc1C(=O)NCc1cncs1. The van der Waals surface area contributed by atoms with Crippen molar-refractivity contribution in [2.45, 2.75) is 13.5 Å². The number of thiazole rings is 1. The number of rotatable bonds is 3. The van der Waals surface area contributed by atoms with Gasteiger partial charge in [-0.25, -0.2) is 4.39 Å². The number of carbonyl (C=O) groups is 1. The first-order valence-electron chi connectivity index (χ1n) is 5.08. The van der Waals surface area contributed by atoms with E-state index in [0.717, 1.165) is 4.88 Å². The van der Waals surface area contributed by atoms with Crippen LogP contribution in [0.1, 0.15) is 20.8 Å². The number of carbonyl (C=O) groups excluding carboxylic acids is 1. The minimum Gasteiger partial charge on any atom is -0.347 e. The normalized spacial score (nSPS) is 10.2. The second-order valence-corrected chi connectivity index (χ2v) is 4.58. The average molecular weight is 250 g/mol. The molecule has 1 aromatic heterocycles. The predicted molar refractivity (Wildman–Crippen MR) is 64.4 cm³/mol. The Labute approximate surface area is 102 Å². The summed E-state index contributed by atoms with van der Waals surface area (Å²) in [6.07, 6.45) is 1.71. The van der Waals surface area contributed by atoms with Crippen molar-refractivity contribution in [1.82, 2.24) is 10.3 Å². The maximum atomic E-state index is 12.9. The zero-order chi connectivity index (χ0) is 12.3. The Kier molecular flexibility index (Phi) is 3.49. The number of halogens is 1. The fourth-order valence-corrected chi connectivity index (χ4v) is 2.01. The molecule has 3 nitrogen and oxygen atoms in total. The molecular weight excluding hydrogens is 239 g/mol. The van der Waals surface area contributed by atoms with E-state index >= 15 is 0 Å². The van der Waals surface area contributed by atoms with Crippen LogP contribution in [0, 0.1) is 12.7 Å². The number of hydrogen-bond donors (Lipinski definition) is 1. The number of nitrogens with zero attached hydrogens (tertiary/aromatic N) is 1. The third-order valence-corrected chi connectivity index (χ3v) is 3.12. The molecule has 0 unspecified atom stereocenters. The molecule has 1 heterocycles. The smallest absolute Gasteiger partial charge is 0.251 e. The minimum atomic E-state index is -0.332. The fraction of sp³-hybridized carbons (Fsp3) is 0.167. The molecule has 1 aromatic carbocycles. The molecule has 0 saturated heterocycles. The highest BCUT2D eigenvalue weighted by Crippen LogP contribution is 2.11. The van der Waals surface area contributed by atoms with Crippen LogP contribution in [0.2, 0.25) is 0 Å². The summed E-state index contributed by atoms with van der Waals surface area (Å²) in [5.74, 6) is -0.530. The van der Waals surface area contributed by atoms with Gasteiger partial charge in [-0.3, -0.25) is 9.78 Å². The lowest BCUT2D eigenvalue weighted by Gasteiger charge is -2.06. The summed E-state index contributed by atoms with van der Waals surface area (Å²) >= 11 is 1.48. The molecule has 1 N–H and O–H groups in total. The van der Waals surface area contributed by atoms with E-state index in [2.05, 4.69) is 10.3 Å². The summed E-state index contributed by atoms with van der Waals surface area (Å²) in [7, 11) is 0. The van der Waals surface area contributed by atoms with Crippen LogP contribution in [0.25, 0.3) is 0 Å². The number of nitrogens with one attached hydrogen (secondary N) is 1. The van der Waals surface area contributed by atoms with Gasteiger partial charge in [0.15, 0.2) is 0 Å². The van der Waals surface area contributed by atoms with E-state index in [0.29, 0.717) is 17.7 Å². The number of hydrogen-bond acceptors (Lipinski definition) is 3. The van der Waals surface area contributed by atoms with Crippen molar-refractivity contribution in [3.8, 4) is 0 Å². The molecule has 17 heavy (non-hydrogen) atoms. The maximum Gasteiger partial charge on any atom is 0.251 e. The lowest BCUT2D eigenvalue weighted by atomic mass is 10.1. The summed E-state index contributed by atoms with van der Waals surface area (Å²) < 4.78 is 12.9. The molecule has 5 heteroatoms. The van der Waals surface area contributed by atoms with Crippen LogP contribution in [0.5, 0.6) is 0 Å². The molecule has 0 atom stereocenters. The van der Waals surface area contributed by atoms with E-state index in [1.807, 2.05) is 0 Å². The van der Waals surface area contributed by atoms with Gasteiger partial charge in [0, 0.05) is 16.6 Å². The zero-order valence-corrected chi connectivity index (χ0v) is 10.1. The summed E-state index contributed by atoms with van der Waals surface area (Å²) in [6.45, 7) is 2.16. The molecule has 88 valence electrons. The Bertz CT molecular complexity index is 525. The molecule has 0 spiro atoms. The first kappa shape index (κ1) is 11.7. The molecule has 0 aliphatic rings. The second-order valence-electron chi connectivity index (χ2n) is 3.61. The van der Waals surface area contributed by atoms with Gasteiger partial charge in [0.25, 0.3) is 5.91 Å². The Balaban J connectivity index is 2.04. The van der Waals surface area contributed by atoms with Gasteiger partial charge < -0.3 is 5.32 Å². The minimum absolute atomic E-state index is 0.198. The average Bonchev–Trinajstić information content (AvgIpc) is 2.78. The summed E-state index contributed by atoms with van der Waals surface area (Å²) in [5.41, 5.74) is 2.84. The molecule has 0 radical (unpaired) electrons. The second kappa shape index (κ2) is 5.05. The van der Waals surface area contributed by atoms with E-state index in [4.69, 9.17) is 0 Å². The zero-order valence-electron chi connectivity index (χ0n) is 9.24. The first-order valence-corrected chi connectivity index (χ1v) is 5.96. The number of benzene rings is 1. The van der Waals surface area contributed by atoms with E-state index in [9.17, 15) is 9.18 Å². The van der Waals surface area contributed by atoms with Crippen molar-refractivity contribution in [1.29, 1.82) is 0 Å². The monoisotopic (exact) mass is 250 g/mol. The lowest BCUT2D eigenvalue weighted by Crippen LogP contribution is -2.23. The Morgan fingerprint density at radius 1 is 1.53 bits per heavy atom. The Hall–Kier alpha value is -1.75. The van der Waals surface area contributed by atoms with E-state index in [-0.39, 0.29) is 11.7 Å². The van der Waals surface area contributed by atoms with Gasteiger partial charge in [0.05, 0.1) is 12.1 Å². The lowest BCUT2D eigenvalue weighted by molar-refractivity contribution is 0.0950. The quantitative estimate of drug-likeness (QED) is 0.909. The van der Waals surface area contributed by atoms with E-state index < -0.39 is 0 Å². The highest BCUT2D eigenvalue weighted by atomic mass is 32.1. The van der Waals surface area contributed by atoms with Crippen LogP contribution in [-0.4, -0.2) is 10.9 Å². The topological polar surface area (TPSA) is 42.0 Å². The summed E-state index contributed by atoms with van der Waals surface area (Å²) in [6, 6.07) is 4.13. The molecule has 0 aliphatic carbocycles. The van der Waals surface area contributed by atoms with Crippen LogP contribution in [0.4, 0.5) is 4.39 Å². The molecule has 2 rings (SSSR count). The standard InChI is InChI=1S/C12H11FN2OS/c1-8-4-9(13)2-3-11(8)12(16)15-6-10-5-14-7-17-10/h2-5,7H,6H2,1H3,(H,15,16). The summed E-state index contributed by atoms with van der Waals surface area (Å²) in [4.78, 5) is 16.7. The molecule has 0 bridgehead atoms. The van der Waals surface area contributed by atoms with Gasteiger partial charge in [-0.15, -0.1) is 11.3 Å². The number of aryl methyl sites for hydroxylation is 1. The molecular formula is C12H11FN2OS. The molecule has 0 fully saturated rings. The van der Waals surface area contributed by atoms with Gasteiger partial charge in [0.2, 0.25) is 0 Å². The van der Waals surface area contributed by atoms with Crippen LogP contribution < -0.4 is 5.32 Å². The van der Waals surface area contributed by atoms with Crippen LogP contribution in [-0.2, 0) is 6.54 Å². The molecule has 1 amide bonds. The van der Waals surface area contributed by atoms with Crippen LogP contribution in [0.15, 0.2) is 29.9 Å². The maximum absolute atomic E-state index is 12.9. The molecule has 0 saturated carbocycles. The highest BCUT2D eigenvalue weighted by molar-refractivity contribution is 7.09. The fourth-order valence-electron chi connectivity index (χ4n) is 1.47. The first-order chi connectivity index (χ1) is 8.16. The van der Waals surface area contributed by atoms with Crippen molar-refractivity contribution in [3.05, 3.63) is 51.7 Å². The number of aromatic nitrogens is 1. The Morgan fingerprint density at radius 2 is 2.35 bits per heavy atom. The highest BCUT2D eigenvalue weighted by Gasteiger charge is 2.09. The van der Waals surface area contributed by atoms with Crippen molar-refractivity contribution >= 4 is 17.2 Å². The van der Waals surface area contributed by atoms with E-state index in [1.54, 1.807) is 18.6 Å². The van der Waals surface area contributed by atoms with Crippen molar-refractivity contribution in [3.63, 3.8) is 0 Å². The molecule has 2 aromatic rings. The Morgan fingerprint density at radius 3 is 3.00 bits per heavy atom. The van der Waals surface area contributed by atoms with Gasteiger partial charge in [-0.1, -0.05) is 0 Å². The van der Waals surface area contributed by atoms with Gasteiger partial charge in [-0.2, -0.15) is 0 Å². The third-order valence-electron chi connectivity index (χ3n) is 2.34. The van der Waals surface area contributed by atoms with Gasteiger partial charge in [-0.05, 0) is 30.7 Å². The van der Waals surface area contributed by atoms with E-state index in [1.165, 1.54) is 29.5 Å². The van der Waals surface area contributed by atoms with Gasteiger partial charge in [0.1, 0.15) is 5.82 Å². The van der Waals surface area contributed by atoms with Crippen molar-refractivity contribution < 1.29 is 9.18 Å². The number of amides is 1. The largest absolute Gasteiger partial charge is 0.347 e. The van der Waals surface area contributed by atoms with Crippen LogP contribution >= 0.6 is 11.3 Å². The van der Waals surface area contributed by atoms with Gasteiger partial charge >= 0.3 is 0 Å². The summed E-state index contributed by atoms with van der Waals surface area (Å²) in [5, 5.41) is 2.77. The van der Waals surface area contributed by atoms with Crippen LogP contribution in [0.3, 0.4) is 0 Å². The third kappa shape index (κ3) is 2.88. The van der Waals surface area contributed by atoms with Crippen molar-refractivity contribution in [2.24, 2.45) is 0 Å². The van der Waals surface area contributed by atoms with Crippen molar-refractivity contribution in [2.75, 3.05) is 0 Å².